The van der Waals surface area contributed by atoms with E-state index in [2.05, 4.69) is 0 Å². The molecular weight excluding hydrogens is 286 g/mol. The number of nitrogens with zero attached hydrogens (tertiary/aromatic N) is 1. The minimum Gasteiger partial charge on any atom is -0.466 e. The summed E-state index contributed by atoms with van der Waals surface area (Å²) in [6, 6.07) is 0. The molecule has 0 radical (unpaired) electrons. The van der Waals surface area contributed by atoms with Crippen LogP contribution in [0, 0.1) is 5.92 Å². The van der Waals surface area contributed by atoms with Crippen molar-refractivity contribution >= 4 is 12.1 Å². The predicted octanol–water partition coefficient (Wildman–Crippen LogP) is 2.60. The molecule has 1 unspecified atom stereocenters. The van der Waals surface area contributed by atoms with Gasteiger partial charge in [0.05, 0.1) is 26.2 Å². The molecule has 0 aromatic carbocycles. The fraction of sp³-hybridized carbons (Fsp3) is 0.875. The Balaban J connectivity index is 2.26. The zero-order valence-electron chi connectivity index (χ0n) is 14.2. The molecule has 0 bridgehead atoms. The highest BCUT2D eigenvalue weighted by molar-refractivity contribution is 5.69. The number of carbonyl (C=O) groups is 2. The average Bonchev–Trinajstić information content (AvgIpc) is 2.42. The maximum atomic E-state index is 12.1. The van der Waals surface area contributed by atoms with Gasteiger partial charge in [-0.3, -0.25) is 4.79 Å². The summed E-state index contributed by atoms with van der Waals surface area (Å²) in [6.07, 6.45) is 1.99. The van der Waals surface area contributed by atoms with Crippen molar-refractivity contribution in [1.82, 2.24) is 4.90 Å². The van der Waals surface area contributed by atoms with Gasteiger partial charge in [0.25, 0.3) is 0 Å². The Labute approximate surface area is 133 Å². The van der Waals surface area contributed by atoms with E-state index < -0.39 is 5.60 Å². The highest BCUT2D eigenvalue weighted by Gasteiger charge is 2.27. The molecule has 0 spiro atoms. The van der Waals surface area contributed by atoms with Crippen molar-refractivity contribution in [2.24, 2.45) is 5.92 Å². The summed E-state index contributed by atoms with van der Waals surface area (Å²) >= 11 is 0. The predicted molar refractivity (Wildman–Crippen MR) is 82.6 cm³/mol. The van der Waals surface area contributed by atoms with Crippen LogP contribution in [0.3, 0.4) is 0 Å². The lowest BCUT2D eigenvalue weighted by Crippen LogP contribution is -2.43. The average molecular weight is 315 g/mol. The van der Waals surface area contributed by atoms with Crippen molar-refractivity contribution in [3.05, 3.63) is 0 Å². The first-order valence-electron chi connectivity index (χ1n) is 8.03. The van der Waals surface area contributed by atoms with E-state index in [1.807, 2.05) is 20.8 Å². The summed E-state index contributed by atoms with van der Waals surface area (Å²) in [4.78, 5) is 25.0. The van der Waals surface area contributed by atoms with E-state index in [9.17, 15) is 9.59 Å². The lowest BCUT2D eigenvalue weighted by Gasteiger charge is -2.34. The number of amides is 1. The molecule has 1 saturated heterocycles. The summed E-state index contributed by atoms with van der Waals surface area (Å²) < 4.78 is 15.8. The van der Waals surface area contributed by atoms with Gasteiger partial charge >= 0.3 is 12.1 Å². The molecule has 6 nitrogen and oxygen atoms in total. The van der Waals surface area contributed by atoms with Gasteiger partial charge in [-0.15, -0.1) is 0 Å². The second-order valence-electron chi connectivity index (χ2n) is 6.56. The largest absolute Gasteiger partial charge is 0.466 e. The zero-order chi connectivity index (χ0) is 16.6. The number of esters is 1. The highest BCUT2D eigenvalue weighted by Crippen LogP contribution is 2.19. The zero-order valence-corrected chi connectivity index (χ0v) is 14.2. The fourth-order valence-corrected chi connectivity index (χ4v) is 2.33. The molecule has 6 heteroatoms. The molecule has 1 fully saturated rings. The van der Waals surface area contributed by atoms with Crippen LogP contribution in [0.5, 0.6) is 0 Å². The summed E-state index contributed by atoms with van der Waals surface area (Å²) in [5, 5.41) is 0. The lowest BCUT2D eigenvalue weighted by atomic mass is 9.99. The minimum absolute atomic E-state index is 0.235. The van der Waals surface area contributed by atoms with Gasteiger partial charge in [-0.05, 0) is 40.5 Å². The molecule has 1 heterocycles. The van der Waals surface area contributed by atoms with Gasteiger partial charge in [0, 0.05) is 19.0 Å². The lowest BCUT2D eigenvalue weighted by molar-refractivity contribution is -0.144. The van der Waals surface area contributed by atoms with Crippen LogP contribution in [0.2, 0.25) is 0 Å². The van der Waals surface area contributed by atoms with Gasteiger partial charge in [0.1, 0.15) is 5.60 Å². The van der Waals surface area contributed by atoms with Crippen molar-refractivity contribution in [3.8, 4) is 0 Å². The quantitative estimate of drug-likeness (QED) is 0.557. The number of piperidine rings is 1. The smallest absolute Gasteiger partial charge is 0.410 e. The van der Waals surface area contributed by atoms with E-state index in [0.29, 0.717) is 32.3 Å². The summed E-state index contributed by atoms with van der Waals surface area (Å²) in [5.74, 6) is 0.0602. The molecule has 0 aliphatic carbocycles. The summed E-state index contributed by atoms with van der Waals surface area (Å²) in [6.45, 7) is 10.1. The Morgan fingerprint density at radius 1 is 1.27 bits per heavy atom. The van der Waals surface area contributed by atoms with E-state index in [0.717, 1.165) is 19.4 Å². The van der Waals surface area contributed by atoms with Crippen LogP contribution in [-0.4, -0.2) is 55.5 Å². The third kappa shape index (κ3) is 7.64. The van der Waals surface area contributed by atoms with E-state index in [4.69, 9.17) is 14.2 Å². The normalized spacial score (nSPS) is 18.9. The minimum atomic E-state index is -0.472. The molecule has 0 aromatic rings. The monoisotopic (exact) mass is 315 g/mol. The second-order valence-corrected chi connectivity index (χ2v) is 6.56. The highest BCUT2D eigenvalue weighted by atomic mass is 16.6. The van der Waals surface area contributed by atoms with E-state index >= 15 is 0 Å². The number of hydrogen-bond acceptors (Lipinski definition) is 5. The molecule has 1 amide bonds. The molecule has 1 atom stereocenters. The SMILES string of the molecule is CCOC(=O)CCOCC1CCCN(C(=O)OC(C)(C)C)C1. The first-order chi connectivity index (χ1) is 10.3. The summed E-state index contributed by atoms with van der Waals surface area (Å²) in [5.41, 5.74) is -0.472. The van der Waals surface area contributed by atoms with Crippen LogP contribution in [0.4, 0.5) is 4.79 Å². The van der Waals surface area contributed by atoms with Crippen LogP contribution in [0.15, 0.2) is 0 Å². The van der Waals surface area contributed by atoms with Crippen molar-refractivity contribution < 1.29 is 23.8 Å². The Bertz CT molecular complexity index is 364. The van der Waals surface area contributed by atoms with Crippen LogP contribution in [0.25, 0.3) is 0 Å². The Hall–Kier alpha value is -1.30. The molecule has 22 heavy (non-hydrogen) atoms. The van der Waals surface area contributed by atoms with Gasteiger partial charge in [-0.2, -0.15) is 0 Å². The molecule has 1 aliphatic rings. The molecule has 0 saturated carbocycles. The number of rotatable bonds is 6. The van der Waals surface area contributed by atoms with Crippen molar-refractivity contribution in [3.63, 3.8) is 0 Å². The van der Waals surface area contributed by atoms with Gasteiger partial charge in [-0.25, -0.2) is 4.79 Å². The van der Waals surface area contributed by atoms with Gasteiger partial charge < -0.3 is 19.1 Å². The Morgan fingerprint density at radius 2 is 2.00 bits per heavy atom. The molecular formula is C16H29NO5. The van der Waals surface area contributed by atoms with Crippen molar-refractivity contribution in [1.29, 1.82) is 0 Å². The number of likely N-dealkylation sites (tertiary alicyclic amines) is 1. The summed E-state index contributed by atoms with van der Waals surface area (Å²) in [7, 11) is 0. The Morgan fingerprint density at radius 3 is 2.64 bits per heavy atom. The second kappa shape index (κ2) is 8.98. The topological polar surface area (TPSA) is 65.1 Å². The van der Waals surface area contributed by atoms with Crippen LogP contribution >= 0.6 is 0 Å². The third-order valence-corrected chi connectivity index (χ3v) is 3.28. The molecule has 0 aromatic heterocycles. The maximum absolute atomic E-state index is 12.1. The molecule has 128 valence electrons. The maximum Gasteiger partial charge on any atom is 0.410 e. The standard InChI is InChI=1S/C16H29NO5/c1-5-21-14(18)8-10-20-12-13-7-6-9-17(11-13)15(19)22-16(2,3)4/h13H,5-12H2,1-4H3. The fourth-order valence-electron chi connectivity index (χ4n) is 2.33. The van der Waals surface area contributed by atoms with E-state index in [1.54, 1.807) is 11.8 Å². The van der Waals surface area contributed by atoms with Crippen LogP contribution in [0.1, 0.15) is 47.0 Å². The molecule has 1 rings (SSSR count). The van der Waals surface area contributed by atoms with Crippen LogP contribution < -0.4 is 0 Å². The first-order valence-corrected chi connectivity index (χ1v) is 8.03. The van der Waals surface area contributed by atoms with Gasteiger partial charge in [-0.1, -0.05) is 0 Å². The van der Waals surface area contributed by atoms with E-state index in [-0.39, 0.29) is 18.5 Å². The number of carbonyl (C=O) groups excluding carboxylic acids is 2. The Kier molecular flexibility index (Phi) is 7.65. The number of ether oxygens (including phenoxy) is 3. The number of hydrogen-bond donors (Lipinski definition) is 0. The molecule has 1 aliphatic heterocycles. The van der Waals surface area contributed by atoms with Crippen molar-refractivity contribution in [2.75, 3.05) is 32.9 Å². The van der Waals surface area contributed by atoms with Crippen LogP contribution in [-0.2, 0) is 19.0 Å². The van der Waals surface area contributed by atoms with E-state index in [1.165, 1.54) is 0 Å². The first kappa shape index (κ1) is 18.7. The van der Waals surface area contributed by atoms with Crippen molar-refractivity contribution in [2.45, 2.75) is 52.6 Å². The third-order valence-electron chi connectivity index (χ3n) is 3.28. The van der Waals surface area contributed by atoms with Gasteiger partial charge in [0.15, 0.2) is 0 Å². The molecule has 0 N–H and O–H groups in total. The van der Waals surface area contributed by atoms with Gasteiger partial charge in [0.2, 0.25) is 0 Å².